The van der Waals surface area contributed by atoms with Gasteiger partial charge >= 0.3 is 0 Å². The molecule has 0 amide bonds. The van der Waals surface area contributed by atoms with E-state index < -0.39 is 0 Å². The van der Waals surface area contributed by atoms with Crippen molar-refractivity contribution in [1.29, 1.82) is 0 Å². The maximum atomic E-state index is 5.52. The first-order valence-electron chi connectivity index (χ1n) is 5.15. The molecule has 0 atom stereocenters. The Balaban J connectivity index is 1.90. The van der Waals surface area contributed by atoms with Crippen molar-refractivity contribution in [2.24, 2.45) is 0 Å². The smallest absolute Gasteiger partial charge is 0.126 e. The highest BCUT2D eigenvalue weighted by Gasteiger charge is 2.36. The van der Waals surface area contributed by atoms with Gasteiger partial charge in [-0.15, -0.1) is 0 Å². The van der Waals surface area contributed by atoms with Crippen LogP contribution in [0.2, 0.25) is 0 Å². The van der Waals surface area contributed by atoms with Crippen LogP contribution in [0.15, 0.2) is 22.8 Å². The lowest BCUT2D eigenvalue weighted by Gasteiger charge is -2.40. The minimum absolute atomic E-state index is 0.0504. The maximum absolute atomic E-state index is 5.52. The van der Waals surface area contributed by atoms with Gasteiger partial charge < -0.3 is 10.1 Å². The zero-order valence-corrected chi connectivity index (χ0v) is 10.4. The van der Waals surface area contributed by atoms with Crippen molar-refractivity contribution in [3.63, 3.8) is 0 Å². The highest BCUT2D eigenvalue weighted by atomic mass is 79.9. The molecule has 82 valence electrons. The lowest BCUT2D eigenvalue weighted by Crippen LogP contribution is -2.45. The Kier molecular flexibility index (Phi) is 3.26. The largest absolute Gasteiger partial charge is 0.376 e. The van der Waals surface area contributed by atoms with Crippen LogP contribution >= 0.6 is 15.9 Å². The highest BCUT2D eigenvalue weighted by molar-refractivity contribution is 9.10. The molecule has 1 N–H and O–H groups in total. The van der Waals surface area contributed by atoms with Gasteiger partial charge in [-0.25, -0.2) is 4.98 Å². The number of nitrogens with one attached hydrogen (secondary N) is 1. The van der Waals surface area contributed by atoms with Crippen LogP contribution in [0.3, 0.4) is 0 Å². The van der Waals surface area contributed by atoms with Gasteiger partial charge in [-0.1, -0.05) is 0 Å². The fourth-order valence-corrected chi connectivity index (χ4v) is 1.99. The summed E-state index contributed by atoms with van der Waals surface area (Å²) < 4.78 is 6.52. The van der Waals surface area contributed by atoms with Crippen molar-refractivity contribution in [3.05, 3.63) is 22.8 Å². The minimum atomic E-state index is 0.0504. The molecule has 1 aromatic heterocycles. The van der Waals surface area contributed by atoms with E-state index in [2.05, 4.69) is 26.2 Å². The summed E-state index contributed by atoms with van der Waals surface area (Å²) in [4.78, 5) is 4.26. The van der Waals surface area contributed by atoms with Gasteiger partial charge in [-0.3, -0.25) is 0 Å². The zero-order chi connectivity index (χ0) is 10.7. The molecule has 0 aliphatic heterocycles. The third-order valence-corrected chi connectivity index (χ3v) is 3.49. The van der Waals surface area contributed by atoms with Crippen LogP contribution in [-0.2, 0) is 4.74 Å². The number of rotatable bonds is 4. The van der Waals surface area contributed by atoms with Crippen molar-refractivity contribution >= 4 is 21.7 Å². The van der Waals surface area contributed by atoms with Gasteiger partial charge in [-0.05, 0) is 47.3 Å². The average molecular weight is 271 g/mol. The molecule has 15 heavy (non-hydrogen) atoms. The summed E-state index contributed by atoms with van der Waals surface area (Å²) in [6.45, 7) is 0.845. The summed E-state index contributed by atoms with van der Waals surface area (Å²) in [5.41, 5.74) is 0.0504. The van der Waals surface area contributed by atoms with E-state index in [9.17, 15) is 0 Å². The SMILES string of the molecule is COC1(CNc2ccc(Br)cn2)CCC1. The normalized spacial score (nSPS) is 18.3. The number of methoxy groups -OCH3 is 1. The second-order valence-electron chi connectivity index (χ2n) is 3.96. The molecule has 1 heterocycles. The zero-order valence-electron chi connectivity index (χ0n) is 8.79. The number of ether oxygens (including phenoxy) is 1. The molecule has 4 heteroatoms. The van der Waals surface area contributed by atoms with Gasteiger partial charge in [0.15, 0.2) is 0 Å². The van der Waals surface area contributed by atoms with E-state index in [0.717, 1.165) is 29.7 Å². The molecule has 0 aromatic carbocycles. The first kappa shape index (κ1) is 10.9. The Morgan fingerprint density at radius 1 is 1.53 bits per heavy atom. The summed E-state index contributed by atoms with van der Waals surface area (Å²) in [6, 6.07) is 3.95. The van der Waals surface area contributed by atoms with Gasteiger partial charge in [0.1, 0.15) is 5.82 Å². The van der Waals surface area contributed by atoms with E-state index in [1.165, 1.54) is 6.42 Å². The molecule has 2 rings (SSSR count). The average Bonchev–Trinajstić information content (AvgIpc) is 2.20. The van der Waals surface area contributed by atoms with Gasteiger partial charge in [0, 0.05) is 24.3 Å². The molecule has 0 saturated heterocycles. The first-order chi connectivity index (χ1) is 7.24. The number of nitrogens with zero attached hydrogens (tertiary/aromatic N) is 1. The number of hydrogen-bond donors (Lipinski definition) is 1. The summed E-state index contributed by atoms with van der Waals surface area (Å²) >= 11 is 3.36. The number of pyridine rings is 1. The van der Waals surface area contributed by atoms with E-state index in [1.54, 1.807) is 13.3 Å². The third-order valence-electron chi connectivity index (χ3n) is 3.02. The van der Waals surface area contributed by atoms with E-state index in [4.69, 9.17) is 4.74 Å². The van der Waals surface area contributed by atoms with Gasteiger partial charge in [0.2, 0.25) is 0 Å². The van der Waals surface area contributed by atoms with Crippen LogP contribution in [-0.4, -0.2) is 24.2 Å². The molecule has 1 aromatic rings. The predicted molar refractivity (Wildman–Crippen MR) is 64.0 cm³/mol. The van der Waals surface area contributed by atoms with E-state index in [1.807, 2.05) is 12.1 Å². The van der Waals surface area contributed by atoms with Crippen LogP contribution in [0, 0.1) is 0 Å². The lowest BCUT2D eigenvalue weighted by atomic mass is 9.80. The topological polar surface area (TPSA) is 34.1 Å². The standard InChI is InChI=1S/C11H15BrN2O/c1-15-11(5-2-6-11)8-14-10-4-3-9(12)7-13-10/h3-4,7H,2,5-6,8H2,1H3,(H,13,14). The molecule has 0 spiro atoms. The second-order valence-corrected chi connectivity index (χ2v) is 4.87. The molecule has 3 nitrogen and oxygen atoms in total. The van der Waals surface area contributed by atoms with Crippen LogP contribution in [0.1, 0.15) is 19.3 Å². The molecule has 1 saturated carbocycles. The maximum Gasteiger partial charge on any atom is 0.126 e. The van der Waals surface area contributed by atoms with Gasteiger partial charge in [-0.2, -0.15) is 0 Å². The Morgan fingerprint density at radius 3 is 2.80 bits per heavy atom. The Labute approximate surface area is 98.4 Å². The predicted octanol–water partition coefficient (Wildman–Crippen LogP) is 2.83. The molecule has 0 bridgehead atoms. The number of aromatic nitrogens is 1. The number of anilines is 1. The molecule has 1 aliphatic rings. The van der Waals surface area contributed by atoms with Crippen molar-refractivity contribution in [1.82, 2.24) is 4.98 Å². The molecular formula is C11H15BrN2O. The fourth-order valence-electron chi connectivity index (χ4n) is 1.76. The minimum Gasteiger partial charge on any atom is -0.376 e. The Hall–Kier alpha value is -0.610. The highest BCUT2D eigenvalue weighted by Crippen LogP contribution is 2.34. The summed E-state index contributed by atoms with van der Waals surface area (Å²) in [7, 11) is 1.79. The molecule has 0 radical (unpaired) electrons. The summed E-state index contributed by atoms with van der Waals surface area (Å²) in [5.74, 6) is 0.904. The monoisotopic (exact) mass is 270 g/mol. The third kappa shape index (κ3) is 2.49. The quantitative estimate of drug-likeness (QED) is 0.914. The number of halogens is 1. The van der Waals surface area contributed by atoms with Crippen molar-refractivity contribution in [3.8, 4) is 0 Å². The molecule has 1 aliphatic carbocycles. The summed E-state index contributed by atoms with van der Waals surface area (Å²) in [6.07, 6.45) is 5.35. The summed E-state index contributed by atoms with van der Waals surface area (Å²) in [5, 5.41) is 3.31. The Bertz CT molecular complexity index is 316. The number of hydrogen-bond acceptors (Lipinski definition) is 3. The fraction of sp³-hybridized carbons (Fsp3) is 0.545. The second kappa shape index (κ2) is 4.49. The van der Waals surface area contributed by atoms with Crippen molar-refractivity contribution < 1.29 is 4.74 Å². The molecular weight excluding hydrogens is 256 g/mol. The van der Waals surface area contributed by atoms with E-state index in [-0.39, 0.29) is 5.60 Å². The Morgan fingerprint density at radius 2 is 2.33 bits per heavy atom. The van der Waals surface area contributed by atoms with Crippen molar-refractivity contribution in [2.45, 2.75) is 24.9 Å². The van der Waals surface area contributed by atoms with Gasteiger partial charge in [0.05, 0.1) is 5.60 Å². The van der Waals surface area contributed by atoms with Crippen molar-refractivity contribution in [2.75, 3.05) is 19.0 Å². The van der Waals surface area contributed by atoms with E-state index >= 15 is 0 Å². The lowest BCUT2D eigenvalue weighted by molar-refractivity contribution is -0.0601. The molecule has 0 unspecified atom stereocenters. The van der Waals surface area contributed by atoms with Crippen LogP contribution in [0.4, 0.5) is 5.82 Å². The van der Waals surface area contributed by atoms with E-state index in [0.29, 0.717) is 0 Å². The van der Waals surface area contributed by atoms with Crippen LogP contribution in [0.5, 0.6) is 0 Å². The van der Waals surface area contributed by atoms with Crippen LogP contribution < -0.4 is 5.32 Å². The first-order valence-corrected chi connectivity index (χ1v) is 5.94. The van der Waals surface area contributed by atoms with Crippen LogP contribution in [0.25, 0.3) is 0 Å². The van der Waals surface area contributed by atoms with Gasteiger partial charge in [0.25, 0.3) is 0 Å². The molecule has 1 fully saturated rings.